The molecule has 1 amide bonds. The zero-order chi connectivity index (χ0) is 15.8. The average molecular weight is 476 g/mol. The van der Waals surface area contributed by atoms with E-state index in [4.69, 9.17) is 23.2 Å². The Labute approximate surface area is 149 Å². The number of hydrogen-bond donors (Lipinski definition) is 1. The number of carbonyl (C=O) groups excluding carboxylic acids is 1. The molecule has 0 fully saturated rings. The first-order chi connectivity index (χ1) is 9.72. The Morgan fingerprint density at radius 3 is 2.57 bits per heavy atom. The standard InChI is InChI=1S/C12H8Cl2INO3S2/c1-6-3-2-4-7(10(6)15)12(17)16-21(18,19)8-5-9(13)20-11(8)14/h2-5H,1H3,(H,16,17). The quantitative estimate of drug-likeness (QED) is 0.680. The van der Waals surface area contributed by atoms with Crippen molar-refractivity contribution in [1.82, 2.24) is 4.72 Å². The highest BCUT2D eigenvalue weighted by atomic mass is 127. The molecule has 1 aromatic carbocycles. The molecule has 0 unspecified atom stereocenters. The van der Waals surface area contributed by atoms with Gasteiger partial charge in [0, 0.05) is 3.57 Å². The molecule has 0 spiro atoms. The molecular formula is C12H8Cl2INO3S2. The summed E-state index contributed by atoms with van der Waals surface area (Å²) in [5.74, 6) is -0.707. The zero-order valence-electron chi connectivity index (χ0n) is 10.5. The third kappa shape index (κ3) is 3.70. The van der Waals surface area contributed by atoms with Gasteiger partial charge in [-0.3, -0.25) is 4.79 Å². The molecule has 2 aromatic rings. The number of aryl methyl sites for hydroxylation is 1. The van der Waals surface area contributed by atoms with Gasteiger partial charge in [0.2, 0.25) is 0 Å². The maximum atomic E-state index is 12.2. The van der Waals surface area contributed by atoms with Gasteiger partial charge in [-0.1, -0.05) is 35.3 Å². The number of nitrogens with one attached hydrogen (secondary N) is 1. The van der Waals surface area contributed by atoms with E-state index in [2.05, 4.69) is 0 Å². The number of halogens is 3. The van der Waals surface area contributed by atoms with Crippen molar-refractivity contribution in [2.24, 2.45) is 0 Å². The van der Waals surface area contributed by atoms with Crippen molar-refractivity contribution in [3.63, 3.8) is 0 Å². The summed E-state index contributed by atoms with van der Waals surface area (Å²) in [4.78, 5) is 12.0. The van der Waals surface area contributed by atoms with E-state index in [-0.39, 0.29) is 19.1 Å². The molecule has 4 nitrogen and oxygen atoms in total. The lowest BCUT2D eigenvalue weighted by molar-refractivity contribution is 0.0980. The summed E-state index contributed by atoms with van der Waals surface area (Å²) in [5.41, 5.74) is 1.17. The predicted octanol–water partition coefficient (Wildman–Crippen LogP) is 4.09. The summed E-state index contributed by atoms with van der Waals surface area (Å²) in [7, 11) is -4.06. The molecule has 9 heteroatoms. The average Bonchev–Trinajstić information content (AvgIpc) is 2.72. The van der Waals surface area contributed by atoms with Gasteiger partial charge < -0.3 is 0 Å². The Hall–Kier alpha value is -0.350. The molecule has 1 N–H and O–H groups in total. The van der Waals surface area contributed by atoms with Crippen LogP contribution in [0.25, 0.3) is 0 Å². The fraction of sp³-hybridized carbons (Fsp3) is 0.0833. The summed E-state index contributed by atoms with van der Waals surface area (Å²) in [6, 6.07) is 6.29. The molecule has 1 aromatic heterocycles. The largest absolute Gasteiger partial charge is 0.268 e. The van der Waals surface area contributed by atoms with Gasteiger partial charge in [-0.2, -0.15) is 0 Å². The minimum atomic E-state index is -4.06. The number of benzene rings is 1. The lowest BCUT2D eigenvalue weighted by Crippen LogP contribution is -2.31. The first-order valence-electron chi connectivity index (χ1n) is 5.49. The van der Waals surface area contributed by atoms with E-state index in [1.165, 1.54) is 6.07 Å². The van der Waals surface area contributed by atoms with E-state index in [0.717, 1.165) is 16.9 Å². The second-order valence-corrected chi connectivity index (χ2v) is 9.07. The Morgan fingerprint density at radius 2 is 2.00 bits per heavy atom. The van der Waals surface area contributed by atoms with Crippen LogP contribution in [0.3, 0.4) is 0 Å². The maximum Gasteiger partial charge on any atom is 0.266 e. The van der Waals surface area contributed by atoms with Crippen LogP contribution in [0.2, 0.25) is 8.67 Å². The third-order valence-corrected chi connectivity index (χ3v) is 7.09. The summed E-state index contributed by atoms with van der Waals surface area (Å²) < 4.78 is 27.3. The van der Waals surface area contributed by atoms with E-state index in [9.17, 15) is 13.2 Å². The maximum absolute atomic E-state index is 12.2. The molecule has 0 saturated carbocycles. The molecule has 0 bridgehead atoms. The predicted molar refractivity (Wildman–Crippen MR) is 92.9 cm³/mol. The fourth-order valence-electron chi connectivity index (χ4n) is 1.56. The van der Waals surface area contributed by atoms with Crippen LogP contribution in [-0.2, 0) is 10.0 Å². The van der Waals surface area contributed by atoms with Gasteiger partial charge in [0.05, 0.1) is 9.90 Å². The molecule has 21 heavy (non-hydrogen) atoms. The Balaban J connectivity index is 2.35. The Morgan fingerprint density at radius 1 is 1.33 bits per heavy atom. The highest BCUT2D eigenvalue weighted by Gasteiger charge is 2.24. The second-order valence-electron chi connectivity index (χ2n) is 4.06. The van der Waals surface area contributed by atoms with Crippen molar-refractivity contribution >= 4 is 73.1 Å². The molecule has 2 rings (SSSR count). The molecule has 0 aliphatic heterocycles. The number of carbonyl (C=O) groups is 1. The van der Waals surface area contributed by atoms with Crippen LogP contribution in [0, 0.1) is 10.5 Å². The minimum absolute atomic E-state index is 0.0132. The topological polar surface area (TPSA) is 63.2 Å². The van der Waals surface area contributed by atoms with Crippen molar-refractivity contribution in [1.29, 1.82) is 0 Å². The Bertz CT molecular complexity index is 818. The van der Waals surface area contributed by atoms with Crippen molar-refractivity contribution < 1.29 is 13.2 Å². The van der Waals surface area contributed by atoms with E-state index >= 15 is 0 Å². The lowest BCUT2D eigenvalue weighted by Gasteiger charge is -2.08. The van der Waals surface area contributed by atoms with Crippen LogP contribution in [0.15, 0.2) is 29.2 Å². The summed E-state index contributed by atoms with van der Waals surface area (Å²) in [6.45, 7) is 1.84. The monoisotopic (exact) mass is 475 g/mol. The normalized spacial score (nSPS) is 11.4. The lowest BCUT2D eigenvalue weighted by atomic mass is 10.1. The van der Waals surface area contributed by atoms with Crippen molar-refractivity contribution in [2.75, 3.05) is 0 Å². The van der Waals surface area contributed by atoms with Gasteiger partial charge in [-0.05, 0) is 47.2 Å². The first-order valence-corrected chi connectivity index (χ1v) is 9.63. The SMILES string of the molecule is Cc1cccc(C(=O)NS(=O)(=O)c2cc(Cl)sc2Cl)c1I. The van der Waals surface area contributed by atoms with Gasteiger partial charge in [-0.15, -0.1) is 11.3 Å². The van der Waals surface area contributed by atoms with E-state index < -0.39 is 15.9 Å². The minimum Gasteiger partial charge on any atom is -0.268 e. The van der Waals surface area contributed by atoms with Crippen LogP contribution in [-0.4, -0.2) is 14.3 Å². The fourth-order valence-corrected chi connectivity index (χ4v) is 5.28. The van der Waals surface area contributed by atoms with Crippen molar-refractivity contribution in [2.45, 2.75) is 11.8 Å². The molecule has 0 atom stereocenters. The molecule has 0 aliphatic rings. The van der Waals surface area contributed by atoms with Crippen LogP contribution >= 0.6 is 57.1 Å². The summed E-state index contributed by atoms with van der Waals surface area (Å²) in [5, 5.41) is 0. The second kappa shape index (κ2) is 6.41. The number of amides is 1. The van der Waals surface area contributed by atoms with Gasteiger partial charge in [0.25, 0.3) is 15.9 Å². The summed E-state index contributed by atoms with van der Waals surface area (Å²) >= 11 is 14.5. The van der Waals surface area contributed by atoms with E-state index in [0.29, 0.717) is 3.57 Å². The van der Waals surface area contributed by atoms with E-state index in [1.807, 2.05) is 40.3 Å². The zero-order valence-corrected chi connectivity index (χ0v) is 15.8. The third-order valence-electron chi connectivity index (χ3n) is 2.58. The van der Waals surface area contributed by atoms with Gasteiger partial charge in [-0.25, -0.2) is 13.1 Å². The van der Waals surface area contributed by atoms with E-state index in [1.54, 1.807) is 12.1 Å². The van der Waals surface area contributed by atoms with Gasteiger partial charge in [0.15, 0.2) is 0 Å². The number of rotatable bonds is 3. The highest BCUT2D eigenvalue weighted by molar-refractivity contribution is 14.1. The Kier molecular flexibility index (Phi) is 5.19. The molecule has 1 heterocycles. The molecule has 0 saturated heterocycles. The molecule has 0 aliphatic carbocycles. The number of thiophene rings is 1. The van der Waals surface area contributed by atoms with Gasteiger partial charge >= 0.3 is 0 Å². The first kappa shape index (κ1) is 17.0. The van der Waals surface area contributed by atoms with Crippen molar-refractivity contribution in [3.05, 3.63) is 47.6 Å². The smallest absolute Gasteiger partial charge is 0.266 e. The summed E-state index contributed by atoms with van der Waals surface area (Å²) in [6.07, 6.45) is 0. The van der Waals surface area contributed by atoms with Crippen LogP contribution < -0.4 is 4.72 Å². The highest BCUT2D eigenvalue weighted by Crippen LogP contribution is 2.34. The molecular weight excluding hydrogens is 468 g/mol. The van der Waals surface area contributed by atoms with Crippen LogP contribution in [0.1, 0.15) is 15.9 Å². The van der Waals surface area contributed by atoms with Gasteiger partial charge in [0.1, 0.15) is 9.23 Å². The molecule has 0 radical (unpaired) electrons. The number of sulfonamides is 1. The molecule has 112 valence electrons. The van der Waals surface area contributed by atoms with Crippen LogP contribution in [0.4, 0.5) is 0 Å². The number of hydrogen-bond acceptors (Lipinski definition) is 4. The van der Waals surface area contributed by atoms with Crippen molar-refractivity contribution in [3.8, 4) is 0 Å². The van der Waals surface area contributed by atoms with Crippen LogP contribution in [0.5, 0.6) is 0 Å².